The van der Waals surface area contributed by atoms with E-state index in [1.165, 1.54) is 19.3 Å². The molecule has 0 aromatic heterocycles. The molecule has 2 aliphatic heterocycles. The topological polar surface area (TPSA) is 32.8 Å². The van der Waals surface area contributed by atoms with Crippen molar-refractivity contribution in [3.05, 3.63) is 22.9 Å². The van der Waals surface area contributed by atoms with E-state index in [1.807, 2.05) is 18.1 Å². The zero-order chi connectivity index (χ0) is 13.8. The van der Waals surface area contributed by atoms with E-state index in [0.29, 0.717) is 17.2 Å². The Hall–Kier alpha value is -0.840. The molecule has 106 valence electrons. The Morgan fingerprint density at radius 1 is 1.42 bits per heavy atom. The van der Waals surface area contributed by atoms with E-state index in [-0.39, 0.29) is 12.0 Å². The van der Waals surface area contributed by atoms with Crippen LogP contribution in [0.25, 0.3) is 0 Å². The summed E-state index contributed by atoms with van der Waals surface area (Å²) in [7, 11) is 3.46. The minimum Gasteiger partial charge on any atom is -0.356 e. The molecule has 0 N–H and O–H groups in total. The summed E-state index contributed by atoms with van der Waals surface area (Å²) in [5.74, 6) is 0.126. The third-order valence-electron chi connectivity index (χ3n) is 3.60. The SMILES string of the molecule is COC1C(Cl)=CC(C(=O)CN2CCCCC2)=CN1C. The molecule has 1 unspecified atom stereocenters. The van der Waals surface area contributed by atoms with Gasteiger partial charge in [-0.15, -0.1) is 0 Å². The number of halogens is 1. The van der Waals surface area contributed by atoms with Crippen LogP contribution in [0.3, 0.4) is 0 Å². The molecule has 2 heterocycles. The summed E-state index contributed by atoms with van der Waals surface area (Å²) in [5.41, 5.74) is 0.659. The molecular formula is C14H21ClN2O2. The molecule has 0 radical (unpaired) electrons. The highest BCUT2D eigenvalue weighted by Gasteiger charge is 2.24. The van der Waals surface area contributed by atoms with Gasteiger partial charge in [-0.1, -0.05) is 18.0 Å². The van der Waals surface area contributed by atoms with Gasteiger partial charge in [0.1, 0.15) is 0 Å². The molecule has 0 saturated carbocycles. The lowest BCUT2D eigenvalue weighted by atomic mass is 10.1. The highest BCUT2D eigenvalue weighted by atomic mass is 35.5. The third-order valence-corrected chi connectivity index (χ3v) is 3.90. The number of hydrogen-bond donors (Lipinski definition) is 0. The van der Waals surface area contributed by atoms with Crippen LogP contribution in [0.4, 0.5) is 0 Å². The molecule has 0 aliphatic carbocycles. The van der Waals surface area contributed by atoms with Gasteiger partial charge in [0.2, 0.25) is 0 Å². The summed E-state index contributed by atoms with van der Waals surface area (Å²) >= 11 is 6.15. The molecule has 1 saturated heterocycles. The minimum absolute atomic E-state index is 0.126. The predicted molar refractivity (Wildman–Crippen MR) is 75.9 cm³/mol. The maximum Gasteiger partial charge on any atom is 0.178 e. The van der Waals surface area contributed by atoms with E-state index in [4.69, 9.17) is 16.3 Å². The van der Waals surface area contributed by atoms with Crippen LogP contribution in [0.1, 0.15) is 19.3 Å². The summed E-state index contributed by atoms with van der Waals surface area (Å²) < 4.78 is 5.25. The second-order valence-corrected chi connectivity index (χ2v) is 5.56. The molecule has 19 heavy (non-hydrogen) atoms. The van der Waals surface area contributed by atoms with Gasteiger partial charge in [-0.05, 0) is 32.0 Å². The summed E-state index contributed by atoms with van der Waals surface area (Å²) in [5, 5.41) is 0.550. The number of hydrogen-bond acceptors (Lipinski definition) is 4. The number of ether oxygens (including phenoxy) is 1. The van der Waals surface area contributed by atoms with E-state index in [9.17, 15) is 4.79 Å². The molecule has 4 nitrogen and oxygen atoms in total. The van der Waals surface area contributed by atoms with E-state index in [1.54, 1.807) is 13.2 Å². The molecule has 5 heteroatoms. The number of carbonyl (C=O) groups excluding carboxylic acids is 1. The summed E-state index contributed by atoms with van der Waals surface area (Å²) in [6.45, 7) is 2.53. The van der Waals surface area contributed by atoms with E-state index >= 15 is 0 Å². The monoisotopic (exact) mass is 284 g/mol. The largest absolute Gasteiger partial charge is 0.356 e. The van der Waals surface area contributed by atoms with Crippen molar-refractivity contribution < 1.29 is 9.53 Å². The van der Waals surface area contributed by atoms with Gasteiger partial charge < -0.3 is 9.64 Å². The smallest absolute Gasteiger partial charge is 0.178 e. The van der Waals surface area contributed by atoms with Gasteiger partial charge in [0, 0.05) is 25.9 Å². The number of allylic oxidation sites excluding steroid dienone is 1. The minimum atomic E-state index is -0.284. The van der Waals surface area contributed by atoms with Gasteiger partial charge in [0.05, 0.1) is 11.6 Å². The van der Waals surface area contributed by atoms with Crippen molar-refractivity contribution in [2.24, 2.45) is 0 Å². The Morgan fingerprint density at radius 3 is 2.68 bits per heavy atom. The fraction of sp³-hybridized carbons (Fsp3) is 0.643. The van der Waals surface area contributed by atoms with Crippen molar-refractivity contribution in [3.63, 3.8) is 0 Å². The van der Waals surface area contributed by atoms with Gasteiger partial charge in [0.25, 0.3) is 0 Å². The average Bonchev–Trinajstić information content (AvgIpc) is 2.39. The lowest BCUT2D eigenvalue weighted by molar-refractivity contribution is -0.116. The van der Waals surface area contributed by atoms with Gasteiger partial charge in [-0.3, -0.25) is 9.69 Å². The Morgan fingerprint density at radius 2 is 2.11 bits per heavy atom. The van der Waals surface area contributed by atoms with Crippen molar-refractivity contribution in [3.8, 4) is 0 Å². The molecule has 1 atom stereocenters. The van der Waals surface area contributed by atoms with Gasteiger partial charge in [0.15, 0.2) is 12.0 Å². The molecule has 0 aromatic carbocycles. The van der Waals surface area contributed by atoms with Crippen molar-refractivity contribution in [1.29, 1.82) is 0 Å². The molecule has 0 spiro atoms. The van der Waals surface area contributed by atoms with Gasteiger partial charge in [-0.25, -0.2) is 0 Å². The Labute approximate surface area is 119 Å². The van der Waals surface area contributed by atoms with E-state index in [2.05, 4.69) is 4.90 Å². The number of carbonyl (C=O) groups is 1. The van der Waals surface area contributed by atoms with Gasteiger partial charge >= 0.3 is 0 Å². The molecular weight excluding hydrogens is 264 g/mol. The predicted octanol–water partition coefficient (Wildman–Crippen LogP) is 1.97. The number of likely N-dealkylation sites (tertiary alicyclic amines) is 1. The molecule has 0 amide bonds. The van der Waals surface area contributed by atoms with Crippen molar-refractivity contribution in [1.82, 2.24) is 9.80 Å². The van der Waals surface area contributed by atoms with Crippen LogP contribution < -0.4 is 0 Å². The van der Waals surface area contributed by atoms with Crippen molar-refractivity contribution in [2.45, 2.75) is 25.5 Å². The first-order valence-electron chi connectivity index (χ1n) is 6.71. The number of nitrogens with zero attached hydrogens (tertiary/aromatic N) is 2. The van der Waals surface area contributed by atoms with E-state index in [0.717, 1.165) is 13.1 Å². The Kier molecular flexibility index (Phi) is 5.02. The van der Waals surface area contributed by atoms with Crippen molar-refractivity contribution in [2.75, 3.05) is 33.8 Å². The summed E-state index contributed by atoms with van der Waals surface area (Å²) in [4.78, 5) is 16.3. The Bertz CT molecular complexity index is 400. The number of rotatable bonds is 4. The standard InChI is InChI=1S/C14H21ClN2O2/c1-16-9-11(8-12(15)14(16)19-2)13(18)10-17-6-4-3-5-7-17/h8-9,14H,3-7,10H2,1-2H3. The fourth-order valence-electron chi connectivity index (χ4n) is 2.58. The lowest BCUT2D eigenvalue weighted by Crippen LogP contribution is -2.37. The molecule has 0 bridgehead atoms. The van der Waals surface area contributed by atoms with E-state index < -0.39 is 0 Å². The number of methoxy groups -OCH3 is 1. The molecule has 2 aliphatic rings. The van der Waals surface area contributed by atoms with Crippen LogP contribution in [0.2, 0.25) is 0 Å². The number of piperidine rings is 1. The van der Waals surface area contributed by atoms with Crippen LogP contribution in [0.15, 0.2) is 22.9 Å². The maximum absolute atomic E-state index is 12.3. The third kappa shape index (κ3) is 3.59. The molecule has 0 aromatic rings. The lowest BCUT2D eigenvalue weighted by Gasteiger charge is -2.30. The first-order valence-corrected chi connectivity index (χ1v) is 7.09. The Balaban J connectivity index is 1.99. The van der Waals surface area contributed by atoms with Crippen LogP contribution in [-0.4, -0.2) is 55.6 Å². The van der Waals surface area contributed by atoms with Gasteiger partial charge in [-0.2, -0.15) is 0 Å². The van der Waals surface area contributed by atoms with Crippen LogP contribution in [-0.2, 0) is 9.53 Å². The summed E-state index contributed by atoms with van der Waals surface area (Å²) in [6.07, 6.45) is 6.91. The first kappa shape index (κ1) is 14.6. The quantitative estimate of drug-likeness (QED) is 0.790. The fourth-order valence-corrected chi connectivity index (χ4v) is 2.94. The molecule has 2 rings (SSSR count). The number of likely N-dealkylation sites (N-methyl/N-ethyl adjacent to an activating group) is 1. The normalized spacial score (nSPS) is 25.0. The summed E-state index contributed by atoms with van der Waals surface area (Å²) in [6, 6.07) is 0. The number of Topliss-reactive ketones (excluding diaryl/α,β-unsaturated/α-hetero) is 1. The highest BCUT2D eigenvalue weighted by molar-refractivity contribution is 6.30. The number of ketones is 1. The average molecular weight is 285 g/mol. The highest BCUT2D eigenvalue weighted by Crippen LogP contribution is 2.23. The van der Waals surface area contributed by atoms with Crippen molar-refractivity contribution >= 4 is 17.4 Å². The second kappa shape index (κ2) is 6.55. The molecule has 1 fully saturated rings. The van der Waals surface area contributed by atoms with Crippen LogP contribution >= 0.6 is 11.6 Å². The first-order chi connectivity index (χ1) is 9.11. The van der Waals surface area contributed by atoms with Crippen LogP contribution in [0, 0.1) is 0 Å². The van der Waals surface area contributed by atoms with Crippen LogP contribution in [0.5, 0.6) is 0 Å². The zero-order valence-electron chi connectivity index (χ0n) is 11.6. The zero-order valence-corrected chi connectivity index (χ0v) is 12.3. The second-order valence-electron chi connectivity index (χ2n) is 5.13. The maximum atomic E-state index is 12.3.